The van der Waals surface area contributed by atoms with E-state index in [1.54, 1.807) is 9.82 Å². The van der Waals surface area contributed by atoms with Crippen molar-refractivity contribution in [1.82, 2.24) is 24.5 Å². The van der Waals surface area contributed by atoms with E-state index in [1.165, 1.54) is 17.7 Å². The average Bonchev–Trinajstić information content (AvgIpc) is 3.17. The summed E-state index contributed by atoms with van der Waals surface area (Å²) < 4.78 is 26.4. The summed E-state index contributed by atoms with van der Waals surface area (Å²) in [7, 11) is -3.23. The Morgan fingerprint density at radius 3 is 2.64 bits per heavy atom. The lowest BCUT2D eigenvalue weighted by atomic mass is 10.3. The summed E-state index contributed by atoms with van der Waals surface area (Å²) in [4.78, 5) is 11.3. The van der Waals surface area contributed by atoms with Gasteiger partial charge >= 0.3 is 0 Å². The first kappa shape index (κ1) is 15.4. The molecule has 8 nitrogen and oxygen atoms in total. The van der Waals surface area contributed by atoms with E-state index in [9.17, 15) is 8.42 Å². The number of aryl methyl sites for hydroxylation is 2. The molecule has 0 aliphatic carbocycles. The van der Waals surface area contributed by atoms with Crippen molar-refractivity contribution in [3.63, 3.8) is 0 Å². The Morgan fingerprint density at radius 2 is 2.05 bits per heavy atom. The number of nitrogens with one attached hydrogen (secondary N) is 1. The maximum atomic E-state index is 12.4. The van der Waals surface area contributed by atoms with Crippen LogP contribution in [0.3, 0.4) is 0 Å². The first-order valence-corrected chi connectivity index (χ1v) is 9.52. The highest BCUT2D eigenvalue weighted by molar-refractivity contribution is 7.89. The van der Waals surface area contributed by atoms with Gasteiger partial charge in [0.25, 0.3) is 0 Å². The molecule has 0 aromatic carbocycles. The third kappa shape index (κ3) is 3.28. The highest BCUT2D eigenvalue weighted by atomic mass is 32.2. The Kier molecular flexibility index (Phi) is 4.41. The first-order chi connectivity index (χ1) is 10.6. The van der Waals surface area contributed by atoms with Gasteiger partial charge in [-0.05, 0) is 13.3 Å². The fraction of sp³-hybridized carbons (Fsp3) is 0.583. The smallest absolute Gasteiger partial charge is 0.221 e. The minimum atomic E-state index is -3.23. The van der Waals surface area contributed by atoms with Crippen molar-refractivity contribution < 1.29 is 8.42 Å². The second kappa shape index (κ2) is 6.31. The number of aromatic nitrogens is 4. The largest absolute Gasteiger partial charge is 0.339 e. The monoisotopic (exact) mass is 342 g/mol. The van der Waals surface area contributed by atoms with Crippen LogP contribution in [-0.2, 0) is 16.4 Å². The van der Waals surface area contributed by atoms with Gasteiger partial charge in [0.15, 0.2) is 0 Å². The quantitative estimate of drug-likeness (QED) is 0.838. The molecule has 3 rings (SSSR count). The topological polar surface area (TPSA) is 95.1 Å². The van der Waals surface area contributed by atoms with Crippen LogP contribution in [0.5, 0.6) is 0 Å². The normalized spacial score (nSPS) is 17.0. The first-order valence-electron chi connectivity index (χ1n) is 7.03. The lowest BCUT2D eigenvalue weighted by molar-refractivity contribution is 0.382. The minimum Gasteiger partial charge on any atom is -0.339 e. The van der Waals surface area contributed by atoms with Crippen molar-refractivity contribution in [2.45, 2.75) is 13.3 Å². The molecule has 10 heteroatoms. The van der Waals surface area contributed by atoms with Gasteiger partial charge in [-0.25, -0.2) is 18.5 Å². The SMILES string of the molecule is Cc1ncsc1CCS(=O)(=O)N1CCN(c2ncn[nH]2)CC1. The van der Waals surface area contributed by atoms with E-state index < -0.39 is 10.0 Å². The summed E-state index contributed by atoms with van der Waals surface area (Å²) >= 11 is 1.51. The van der Waals surface area contributed by atoms with E-state index in [-0.39, 0.29) is 5.75 Å². The summed E-state index contributed by atoms with van der Waals surface area (Å²) in [5, 5.41) is 6.62. The van der Waals surface area contributed by atoms with E-state index in [0.717, 1.165) is 10.6 Å². The van der Waals surface area contributed by atoms with E-state index >= 15 is 0 Å². The van der Waals surface area contributed by atoms with Crippen LogP contribution in [0.4, 0.5) is 5.95 Å². The Labute approximate surface area is 133 Å². The highest BCUT2D eigenvalue weighted by Gasteiger charge is 2.27. The molecular formula is C12H18N6O2S2. The van der Waals surface area contributed by atoms with Crippen molar-refractivity contribution in [3.8, 4) is 0 Å². The number of aromatic amines is 1. The number of nitrogens with zero attached hydrogens (tertiary/aromatic N) is 5. The molecule has 1 fully saturated rings. The molecule has 22 heavy (non-hydrogen) atoms. The van der Waals surface area contributed by atoms with Crippen LogP contribution < -0.4 is 4.90 Å². The Bertz CT molecular complexity index is 704. The average molecular weight is 342 g/mol. The summed E-state index contributed by atoms with van der Waals surface area (Å²) in [6, 6.07) is 0. The van der Waals surface area contributed by atoms with Crippen LogP contribution in [0.1, 0.15) is 10.6 Å². The number of hydrogen-bond donors (Lipinski definition) is 1. The molecule has 0 unspecified atom stereocenters. The summed E-state index contributed by atoms with van der Waals surface area (Å²) in [5.41, 5.74) is 2.68. The van der Waals surface area contributed by atoms with Crippen molar-refractivity contribution in [2.24, 2.45) is 0 Å². The van der Waals surface area contributed by atoms with Crippen molar-refractivity contribution >= 4 is 27.3 Å². The summed E-state index contributed by atoms with van der Waals surface area (Å²) in [6.45, 7) is 4.10. The lowest BCUT2D eigenvalue weighted by Crippen LogP contribution is -2.49. The van der Waals surface area contributed by atoms with Gasteiger partial charge in [-0.15, -0.1) is 11.3 Å². The molecular weight excluding hydrogens is 324 g/mol. The molecule has 0 atom stereocenters. The number of piperazine rings is 1. The third-order valence-corrected chi connectivity index (χ3v) is 6.63. The van der Waals surface area contributed by atoms with Crippen molar-refractivity contribution in [3.05, 3.63) is 22.4 Å². The zero-order chi connectivity index (χ0) is 15.6. The molecule has 1 N–H and O–H groups in total. The van der Waals surface area contributed by atoms with Crippen LogP contribution >= 0.6 is 11.3 Å². The lowest BCUT2D eigenvalue weighted by Gasteiger charge is -2.33. The van der Waals surface area contributed by atoms with E-state index in [0.29, 0.717) is 38.5 Å². The van der Waals surface area contributed by atoms with Gasteiger partial charge < -0.3 is 4.90 Å². The molecule has 1 aliphatic heterocycles. The van der Waals surface area contributed by atoms with Crippen LogP contribution in [0.2, 0.25) is 0 Å². The van der Waals surface area contributed by atoms with Gasteiger partial charge in [0.05, 0.1) is 17.0 Å². The molecule has 3 heterocycles. The molecule has 120 valence electrons. The fourth-order valence-corrected chi connectivity index (χ4v) is 4.80. The van der Waals surface area contributed by atoms with Crippen LogP contribution in [0.15, 0.2) is 11.8 Å². The van der Waals surface area contributed by atoms with Crippen molar-refractivity contribution in [1.29, 1.82) is 0 Å². The molecule has 0 spiro atoms. The molecule has 2 aromatic heterocycles. The molecule has 1 saturated heterocycles. The van der Waals surface area contributed by atoms with E-state index in [4.69, 9.17) is 0 Å². The number of anilines is 1. The number of rotatable bonds is 5. The Morgan fingerprint density at radius 1 is 1.27 bits per heavy atom. The standard InChI is InChI=1S/C12H18N6O2S2/c1-10-11(21-9-14-10)2-7-22(19,20)18-5-3-17(4-6-18)12-13-8-15-16-12/h8-9H,2-7H2,1H3,(H,13,15,16). The number of sulfonamides is 1. The van der Waals surface area contributed by atoms with Gasteiger partial charge in [-0.3, -0.25) is 0 Å². The molecule has 0 radical (unpaired) electrons. The predicted molar refractivity (Wildman–Crippen MR) is 84.5 cm³/mol. The third-order valence-electron chi connectivity index (χ3n) is 3.77. The molecule has 2 aromatic rings. The van der Waals surface area contributed by atoms with Crippen LogP contribution in [0, 0.1) is 6.92 Å². The number of hydrogen-bond acceptors (Lipinski definition) is 7. The summed E-state index contributed by atoms with van der Waals surface area (Å²) in [6.07, 6.45) is 1.98. The molecule has 0 saturated carbocycles. The van der Waals surface area contributed by atoms with Crippen molar-refractivity contribution in [2.75, 3.05) is 36.8 Å². The zero-order valence-electron chi connectivity index (χ0n) is 12.3. The molecule has 0 bridgehead atoms. The Hall–Kier alpha value is -1.52. The zero-order valence-corrected chi connectivity index (χ0v) is 13.9. The molecule has 0 amide bonds. The van der Waals surface area contributed by atoms with Gasteiger partial charge in [0.2, 0.25) is 16.0 Å². The predicted octanol–water partition coefficient (Wildman–Crippen LogP) is 0.264. The van der Waals surface area contributed by atoms with Gasteiger partial charge in [0, 0.05) is 31.1 Å². The molecule has 1 aliphatic rings. The Balaban J connectivity index is 1.56. The second-order valence-electron chi connectivity index (χ2n) is 5.12. The maximum Gasteiger partial charge on any atom is 0.221 e. The minimum absolute atomic E-state index is 0.137. The van der Waals surface area contributed by atoms with Gasteiger partial charge in [-0.1, -0.05) is 0 Å². The highest BCUT2D eigenvalue weighted by Crippen LogP contribution is 2.17. The van der Waals surface area contributed by atoms with E-state index in [1.807, 2.05) is 11.8 Å². The van der Waals surface area contributed by atoms with E-state index in [2.05, 4.69) is 20.2 Å². The number of thiazole rings is 1. The maximum absolute atomic E-state index is 12.4. The second-order valence-corrected chi connectivity index (χ2v) is 8.15. The van der Waals surface area contributed by atoms with Crippen LogP contribution in [0.25, 0.3) is 0 Å². The van der Waals surface area contributed by atoms with Gasteiger partial charge in [0.1, 0.15) is 6.33 Å². The summed E-state index contributed by atoms with van der Waals surface area (Å²) in [5.74, 6) is 0.829. The van der Waals surface area contributed by atoms with Crippen LogP contribution in [-0.4, -0.2) is 64.8 Å². The van der Waals surface area contributed by atoms with Gasteiger partial charge in [-0.2, -0.15) is 14.4 Å². The number of H-pyrrole nitrogens is 1. The fourth-order valence-electron chi connectivity index (χ4n) is 2.45.